The van der Waals surface area contributed by atoms with E-state index in [4.69, 9.17) is 38.3 Å². The van der Waals surface area contributed by atoms with Gasteiger partial charge >= 0.3 is 0 Å². The average molecular weight is 611 g/mol. The molecule has 0 atom stereocenters. The van der Waals surface area contributed by atoms with Gasteiger partial charge in [-0.2, -0.15) is 0 Å². The van der Waals surface area contributed by atoms with Gasteiger partial charge < -0.3 is 59.5 Å². The van der Waals surface area contributed by atoms with Crippen molar-refractivity contribution < 1.29 is 57.4 Å². The maximum atomic E-state index is 11.7. The Labute approximate surface area is 247 Å². The molecular formula is C26H50N4O12. The van der Waals surface area contributed by atoms with Gasteiger partial charge in [0.05, 0.1) is 72.7 Å². The largest absolute Gasteiger partial charge is 0.394 e. The molecule has 0 rings (SSSR count). The summed E-state index contributed by atoms with van der Waals surface area (Å²) in [7, 11) is 0. The maximum absolute atomic E-state index is 11.7. The molecule has 0 radical (unpaired) electrons. The molecular weight excluding hydrogens is 560 g/mol. The van der Waals surface area contributed by atoms with Gasteiger partial charge in [0.2, 0.25) is 23.6 Å². The Morgan fingerprint density at radius 3 is 1.10 bits per heavy atom. The second kappa shape index (κ2) is 31.5. The first kappa shape index (κ1) is 39.6. The smallest absolute Gasteiger partial charge is 0.246 e. The summed E-state index contributed by atoms with van der Waals surface area (Å²) in [4.78, 5) is 46.2. The number of ether oxygens (including phenoxy) is 7. The quantitative estimate of drug-likeness (QED) is 0.0512. The predicted molar refractivity (Wildman–Crippen MR) is 150 cm³/mol. The lowest BCUT2D eigenvalue weighted by Crippen LogP contribution is -2.32. The number of unbranched alkanes of at least 4 members (excludes halogenated alkanes) is 1. The molecule has 0 bridgehead atoms. The molecule has 0 aliphatic rings. The van der Waals surface area contributed by atoms with Crippen molar-refractivity contribution in [2.24, 2.45) is 0 Å². The summed E-state index contributed by atoms with van der Waals surface area (Å²) in [6.45, 7) is 5.80. The van der Waals surface area contributed by atoms with E-state index in [1.807, 2.05) is 0 Å². The molecule has 0 saturated heterocycles. The van der Waals surface area contributed by atoms with Crippen molar-refractivity contribution in [2.45, 2.75) is 19.8 Å². The molecule has 0 aliphatic carbocycles. The molecule has 0 saturated carbocycles. The number of carbonyl (C=O) groups is 4. The Bertz CT molecular complexity index is 632. The van der Waals surface area contributed by atoms with E-state index in [0.29, 0.717) is 52.6 Å². The highest BCUT2D eigenvalue weighted by Gasteiger charge is 2.04. The van der Waals surface area contributed by atoms with Gasteiger partial charge in [0.15, 0.2) is 0 Å². The molecule has 42 heavy (non-hydrogen) atoms. The number of aliphatic hydroxyl groups is 1. The standard InChI is InChI=1S/C26H50N4O12/c1-2-3-4-27-23(32)20-40-16-13-37-10-6-29-25(34)22-42-18-15-38-11-7-30-26(35)21-41-17-14-36-9-5-28-24(33)19-39-12-8-31/h31H,2-22H2,1H3,(H,27,32)(H,28,33)(H,29,34)(H,30,35). The zero-order valence-electron chi connectivity index (χ0n) is 24.8. The summed E-state index contributed by atoms with van der Waals surface area (Å²) < 4.78 is 36.5. The number of rotatable bonds is 31. The Hall–Kier alpha value is -2.44. The van der Waals surface area contributed by atoms with E-state index >= 15 is 0 Å². The Kier molecular flexibility index (Phi) is 29.7. The van der Waals surface area contributed by atoms with Crippen LogP contribution in [0.3, 0.4) is 0 Å². The van der Waals surface area contributed by atoms with E-state index in [1.165, 1.54) is 0 Å². The van der Waals surface area contributed by atoms with Crippen LogP contribution in [0.1, 0.15) is 19.8 Å². The van der Waals surface area contributed by atoms with Crippen molar-refractivity contribution in [2.75, 3.05) is 125 Å². The van der Waals surface area contributed by atoms with Crippen LogP contribution < -0.4 is 21.3 Å². The normalized spacial score (nSPS) is 10.8. The molecule has 16 heteroatoms. The highest BCUT2D eigenvalue weighted by Crippen LogP contribution is 1.85. The predicted octanol–water partition coefficient (Wildman–Crippen LogP) is -2.64. The van der Waals surface area contributed by atoms with Crippen molar-refractivity contribution in [1.82, 2.24) is 21.3 Å². The van der Waals surface area contributed by atoms with Gasteiger partial charge in [-0.3, -0.25) is 19.2 Å². The number of carbonyl (C=O) groups excluding carboxylic acids is 4. The third kappa shape index (κ3) is 30.5. The lowest BCUT2D eigenvalue weighted by atomic mass is 10.3. The van der Waals surface area contributed by atoms with Crippen LogP contribution in [-0.2, 0) is 52.3 Å². The van der Waals surface area contributed by atoms with Crippen molar-refractivity contribution in [3.05, 3.63) is 0 Å². The van der Waals surface area contributed by atoms with Crippen molar-refractivity contribution >= 4 is 23.6 Å². The molecule has 0 unspecified atom stereocenters. The van der Waals surface area contributed by atoms with E-state index < -0.39 is 0 Å². The van der Waals surface area contributed by atoms with E-state index in [-0.39, 0.29) is 96.3 Å². The molecule has 4 amide bonds. The summed E-state index contributed by atoms with van der Waals surface area (Å²) in [5, 5.41) is 19.2. The third-order valence-corrected chi connectivity index (χ3v) is 4.84. The third-order valence-electron chi connectivity index (χ3n) is 4.84. The van der Waals surface area contributed by atoms with Crippen LogP contribution in [-0.4, -0.2) is 154 Å². The highest BCUT2D eigenvalue weighted by molar-refractivity contribution is 5.78. The molecule has 5 N–H and O–H groups in total. The van der Waals surface area contributed by atoms with Gasteiger partial charge in [-0.25, -0.2) is 0 Å². The van der Waals surface area contributed by atoms with Crippen LogP contribution in [0.25, 0.3) is 0 Å². The number of amides is 4. The lowest BCUT2D eigenvalue weighted by Gasteiger charge is -2.09. The summed E-state index contributed by atoms with van der Waals surface area (Å²) in [6, 6.07) is 0. The molecule has 0 fully saturated rings. The van der Waals surface area contributed by atoms with E-state index in [2.05, 4.69) is 28.2 Å². The highest BCUT2D eigenvalue weighted by atomic mass is 16.5. The van der Waals surface area contributed by atoms with Crippen LogP contribution in [0, 0.1) is 0 Å². The van der Waals surface area contributed by atoms with Crippen LogP contribution in [0.5, 0.6) is 0 Å². The second-order valence-electron chi connectivity index (χ2n) is 8.52. The van der Waals surface area contributed by atoms with Crippen LogP contribution in [0.15, 0.2) is 0 Å². The number of aliphatic hydroxyl groups excluding tert-OH is 1. The van der Waals surface area contributed by atoms with E-state index in [0.717, 1.165) is 12.8 Å². The Morgan fingerprint density at radius 1 is 0.452 bits per heavy atom. The molecule has 246 valence electrons. The van der Waals surface area contributed by atoms with E-state index in [9.17, 15) is 19.2 Å². The molecule has 0 aromatic rings. The van der Waals surface area contributed by atoms with Crippen LogP contribution in [0.4, 0.5) is 0 Å². The first-order valence-corrected chi connectivity index (χ1v) is 14.2. The minimum atomic E-state index is -0.293. The van der Waals surface area contributed by atoms with E-state index in [1.54, 1.807) is 0 Å². The monoisotopic (exact) mass is 610 g/mol. The average Bonchev–Trinajstić information content (AvgIpc) is 2.97. The first-order chi connectivity index (χ1) is 20.5. The van der Waals surface area contributed by atoms with Gasteiger partial charge in [-0.05, 0) is 6.42 Å². The Morgan fingerprint density at radius 2 is 0.762 bits per heavy atom. The molecule has 0 aromatic carbocycles. The molecule has 0 aromatic heterocycles. The van der Waals surface area contributed by atoms with Crippen LogP contribution in [0.2, 0.25) is 0 Å². The van der Waals surface area contributed by atoms with Crippen molar-refractivity contribution in [1.29, 1.82) is 0 Å². The zero-order chi connectivity index (χ0) is 30.9. The summed E-state index contributed by atoms with van der Waals surface area (Å²) in [5.41, 5.74) is 0. The first-order valence-electron chi connectivity index (χ1n) is 14.2. The summed E-state index contributed by atoms with van der Waals surface area (Å²) in [5.74, 6) is -1.00. The van der Waals surface area contributed by atoms with Gasteiger partial charge in [0, 0.05) is 26.2 Å². The fraction of sp³-hybridized carbons (Fsp3) is 0.846. The summed E-state index contributed by atoms with van der Waals surface area (Å²) >= 11 is 0. The van der Waals surface area contributed by atoms with Crippen molar-refractivity contribution in [3.63, 3.8) is 0 Å². The van der Waals surface area contributed by atoms with Crippen LogP contribution >= 0.6 is 0 Å². The Balaban J connectivity index is 3.34. The number of hydrogen-bond donors (Lipinski definition) is 5. The minimum Gasteiger partial charge on any atom is -0.394 e. The van der Waals surface area contributed by atoms with Gasteiger partial charge in [0.25, 0.3) is 0 Å². The molecule has 0 aliphatic heterocycles. The fourth-order valence-corrected chi connectivity index (χ4v) is 2.78. The van der Waals surface area contributed by atoms with Crippen molar-refractivity contribution in [3.8, 4) is 0 Å². The summed E-state index contributed by atoms with van der Waals surface area (Å²) in [6.07, 6.45) is 1.96. The maximum Gasteiger partial charge on any atom is 0.246 e. The minimum absolute atomic E-state index is 0.00300. The van der Waals surface area contributed by atoms with Gasteiger partial charge in [-0.1, -0.05) is 13.3 Å². The van der Waals surface area contributed by atoms with Gasteiger partial charge in [-0.15, -0.1) is 0 Å². The number of nitrogens with one attached hydrogen (secondary N) is 4. The SMILES string of the molecule is CCCCNC(=O)COCCOCCNC(=O)COCCOCCNC(=O)COCCOCCNC(=O)COCCO. The molecule has 0 spiro atoms. The van der Waals surface area contributed by atoms with Gasteiger partial charge in [0.1, 0.15) is 26.4 Å². The molecule has 0 heterocycles. The number of hydrogen-bond acceptors (Lipinski definition) is 12. The zero-order valence-corrected chi connectivity index (χ0v) is 24.8. The second-order valence-corrected chi connectivity index (χ2v) is 8.52. The molecule has 16 nitrogen and oxygen atoms in total. The topological polar surface area (TPSA) is 201 Å². The fourth-order valence-electron chi connectivity index (χ4n) is 2.78. The lowest BCUT2D eigenvalue weighted by molar-refractivity contribution is -0.128.